The van der Waals surface area contributed by atoms with Crippen LogP contribution in [0.4, 0.5) is 0 Å². The first-order valence-electron chi connectivity index (χ1n) is 8.31. The largest absolute Gasteiger partial charge is 0.481 e. The van der Waals surface area contributed by atoms with E-state index in [9.17, 15) is 23.1 Å². The maximum Gasteiger partial charge on any atom is 0.318 e. The first kappa shape index (κ1) is 21.9. The molecule has 1 amide bonds. The number of nitrogens with one attached hydrogen (secondary N) is 1. The van der Waals surface area contributed by atoms with E-state index in [0.29, 0.717) is 10.6 Å². The minimum atomic E-state index is -4.09. The van der Waals surface area contributed by atoms with E-state index in [1.165, 1.54) is 50.5 Å². The summed E-state index contributed by atoms with van der Waals surface area (Å²) in [6.45, 7) is 1.82. The Kier molecular flexibility index (Phi) is 6.82. The van der Waals surface area contributed by atoms with Crippen molar-refractivity contribution >= 4 is 33.5 Å². The summed E-state index contributed by atoms with van der Waals surface area (Å²) in [7, 11) is -1.27. The van der Waals surface area contributed by atoms with Crippen molar-refractivity contribution in [3.63, 3.8) is 0 Å². The summed E-state index contributed by atoms with van der Waals surface area (Å²) < 4.78 is 28.1. The van der Waals surface area contributed by atoms with Crippen molar-refractivity contribution < 1.29 is 23.1 Å². The molecule has 0 aliphatic carbocycles. The number of carboxylic acid groups (broad SMARTS) is 1. The fourth-order valence-electron chi connectivity index (χ4n) is 2.62. The van der Waals surface area contributed by atoms with Gasteiger partial charge in [-0.05, 0) is 36.8 Å². The molecule has 0 aromatic heterocycles. The average molecular weight is 425 g/mol. The Morgan fingerprint density at radius 3 is 2.04 bits per heavy atom. The molecule has 7 nitrogen and oxygen atoms in total. The maximum atomic E-state index is 12.9. The number of hydrogen-bond acceptors (Lipinski definition) is 4. The lowest BCUT2D eigenvalue weighted by molar-refractivity contribution is -0.151. The van der Waals surface area contributed by atoms with E-state index in [4.69, 9.17) is 11.6 Å². The number of sulfonamides is 1. The summed E-state index contributed by atoms with van der Waals surface area (Å²) >= 11 is 5.89. The molecular weight excluding hydrogens is 404 g/mol. The quantitative estimate of drug-likeness (QED) is 0.664. The van der Waals surface area contributed by atoms with Crippen LogP contribution in [0.5, 0.6) is 0 Å². The number of carbonyl (C=O) groups excluding carboxylic acids is 1. The van der Waals surface area contributed by atoms with Crippen molar-refractivity contribution in [2.24, 2.45) is 5.92 Å². The summed E-state index contributed by atoms with van der Waals surface area (Å²) in [6.07, 6.45) is 0. The predicted octanol–water partition coefficient (Wildman–Crippen LogP) is 2.46. The highest BCUT2D eigenvalue weighted by molar-refractivity contribution is 7.89. The summed E-state index contributed by atoms with van der Waals surface area (Å²) in [5.41, 5.74) is 1.18. The SMILES string of the molecule is Cc1ccc(S(=O)(=O)N[C@@H](c2ccc(Cl)cc2)[C@@H](C(=O)O)C(=O)N(C)C)cc1. The second kappa shape index (κ2) is 8.72. The molecule has 0 bridgehead atoms. The van der Waals surface area contributed by atoms with Gasteiger partial charge in [0, 0.05) is 19.1 Å². The summed E-state index contributed by atoms with van der Waals surface area (Å²) in [4.78, 5) is 25.5. The third kappa shape index (κ3) is 5.09. The van der Waals surface area contributed by atoms with Crippen molar-refractivity contribution in [3.05, 3.63) is 64.7 Å². The van der Waals surface area contributed by atoms with Crippen LogP contribution in [0.15, 0.2) is 53.4 Å². The van der Waals surface area contributed by atoms with Gasteiger partial charge in [-0.2, -0.15) is 0 Å². The number of nitrogens with zero attached hydrogens (tertiary/aromatic N) is 1. The predicted molar refractivity (Wildman–Crippen MR) is 106 cm³/mol. The van der Waals surface area contributed by atoms with Crippen molar-refractivity contribution in [2.45, 2.75) is 17.9 Å². The summed E-state index contributed by atoms with van der Waals surface area (Å²) in [6, 6.07) is 10.8. The number of rotatable bonds is 7. The average Bonchev–Trinajstić information content (AvgIpc) is 2.61. The van der Waals surface area contributed by atoms with Crippen LogP contribution >= 0.6 is 11.6 Å². The maximum absolute atomic E-state index is 12.9. The summed E-state index contributed by atoms with van der Waals surface area (Å²) in [5.74, 6) is -3.83. The van der Waals surface area contributed by atoms with Crippen LogP contribution in [0.25, 0.3) is 0 Å². The molecule has 0 aliphatic rings. The van der Waals surface area contributed by atoms with E-state index in [1.54, 1.807) is 12.1 Å². The Labute approximate surface area is 169 Å². The molecule has 2 rings (SSSR count). The van der Waals surface area contributed by atoms with Crippen LogP contribution in [0.3, 0.4) is 0 Å². The summed E-state index contributed by atoms with van der Waals surface area (Å²) in [5, 5.41) is 10.1. The van der Waals surface area contributed by atoms with Gasteiger partial charge in [0.15, 0.2) is 5.92 Å². The third-order valence-electron chi connectivity index (χ3n) is 4.15. The van der Waals surface area contributed by atoms with Gasteiger partial charge in [-0.1, -0.05) is 41.4 Å². The van der Waals surface area contributed by atoms with Gasteiger partial charge in [0.25, 0.3) is 0 Å². The van der Waals surface area contributed by atoms with Crippen LogP contribution in [0.2, 0.25) is 5.02 Å². The lowest BCUT2D eigenvalue weighted by atomic mass is 9.92. The zero-order chi connectivity index (χ0) is 21.1. The molecule has 2 aromatic rings. The smallest absolute Gasteiger partial charge is 0.318 e. The Bertz CT molecular complexity index is 957. The molecule has 2 atom stereocenters. The zero-order valence-electron chi connectivity index (χ0n) is 15.6. The number of amides is 1. The highest BCUT2D eigenvalue weighted by atomic mass is 35.5. The van der Waals surface area contributed by atoms with Crippen molar-refractivity contribution in [1.29, 1.82) is 0 Å². The van der Waals surface area contributed by atoms with Crippen molar-refractivity contribution in [2.75, 3.05) is 14.1 Å². The minimum absolute atomic E-state index is 0.0292. The van der Waals surface area contributed by atoms with Gasteiger partial charge in [-0.15, -0.1) is 0 Å². The van der Waals surface area contributed by atoms with Crippen LogP contribution in [0, 0.1) is 12.8 Å². The topological polar surface area (TPSA) is 104 Å². The van der Waals surface area contributed by atoms with Gasteiger partial charge in [-0.25, -0.2) is 13.1 Å². The molecule has 0 spiro atoms. The normalized spacial score (nSPS) is 13.6. The fourth-order valence-corrected chi connectivity index (χ4v) is 3.98. The van der Waals surface area contributed by atoms with Crippen molar-refractivity contribution in [1.82, 2.24) is 9.62 Å². The van der Waals surface area contributed by atoms with E-state index in [0.717, 1.165) is 10.5 Å². The van der Waals surface area contributed by atoms with Gasteiger partial charge in [-0.3, -0.25) is 9.59 Å². The molecule has 0 fully saturated rings. The van der Waals surface area contributed by atoms with E-state index in [1.807, 2.05) is 6.92 Å². The highest BCUT2D eigenvalue weighted by Gasteiger charge is 2.39. The molecule has 28 heavy (non-hydrogen) atoms. The number of hydrogen-bond donors (Lipinski definition) is 2. The second-order valence-electron chi connectivity index (χ2n) is 6.51. The number of aliphatic carboxylic acids is 1. The molecule has 0 aliphatic heterocycles. The van der Waals surface area contributed by atoms with Crippen LogP contribution < -0.4 is 4.72 Å². The number of halogens is 1. The number of carboxylic acids is 1. The van der Waals surface area contributed by atoms with E-state index in [2.05, 4.69) is 4.72 Å². The Balaban J connectivity index is 2.54. The van der Waals surface area contributed by atoms with Gasteiger partial charge in [0.2, 0.25) is 15.9 Å². The Morgan fingerprint density at radius 1 is 1.04 bits per heavy atom. The molecule has 0 radical (unpaired) electrons. The molecule has 0 saturated heterocycles. The number of carbonyl (C=O) groups is 2. The standard InChI is InChI=1S/C19H21ClN2O5S/c1-12-4-10-15(11-5-12)28(26,27)21-17(13-6-8-14(20)9-7-13)16(19(24)25)18(23)22(2)3/h4-11,16-17,21H,1-3H3,(H,24,25)/t16-,17+/m1/s1. The molecule has 0 unspecified atom stereocenters. The molecule has 9 heteroatoms. The lowest BCUT2D eigenvalue weighted by Crippen LogP contribution is -2.44. The Morgan fingerprint density at radius 2 is 1.57 bits per heavy atom. The first-order valence-corrected chi connectivity index (χ1v) is 10.2. The van der Waals surface area contributed by atoms with Gasteiger partial charge in [0.05, 0.1) is 10.9 Å². The van der Waals surface area contributed by atoms with E-state index in [-0.39, 0.29) is 4.90 Å². The van der Waals surface area contributed by atoms with Gasteiger partial charge >= 0.3 is 5.97 Å². The van der Waals surface area contributed by atoms with Gasteiger partial charge < -0.3 is 10.0 Å². The monoisotopic (exact) mass is 424 g/mol. The van der Waals surface area contributed by atoms with Crippen LogP contribution in [-0.4, -0.2) is 44.4 Å². The van der Waals surface area contributed by atoms with Crippen LogP contribution in [-0.2, 0) is 19.6 Å². The zero-order valence-corrected chi connectivity index (χ0v) is 17.2. The molecular formula is C19H21ClN2O5S. The first-order chi connectivity index (χ1) is 13.0. The van der Waals surface area contributed by atoms with Crippen LogP contribution in [0.1, 0.15) is 17.2 Å². The third-order valence-corrected chi connectivity index (χ3v) is 5.86. The second-order valence-corrected chi connectivity index (χ2v) is 8.66. The molecule has 0 saturated carbocycles. The molecule has 2 N–H and O–H groups in total. The number of aryl methyl sites for hydroxylation is 1. The minimum Gasteiger partial charge on any atom is -0.481 e. The fraction of sp³-hybridized carbons (Fsp3) is 0.263. The molecule has 2 aromatic carbocycles. The van der Waals surface area contributed by atoms with Crippen molar-refractivity contribution in [3.8, 4) is 0 Å². The number of benzene rings is 2. The Hall–Kier alpha value is -2.42. The molecule has 0 heterocycles. The highest BCUT2D eigenvalue weighted by Crippen LogP contribution is 2.28. The lowest BCUT2D eigenvalue weighted by Gasteiger charge is -2.27. The van der Waals surface area contributed by atoms with E-state index < -0.39 is 33.9 Å². The van der Waals surface area contributed by atoms with Gasteiger partial charge in [0.1, 0.15) is 0 Å². The molecule has 150 valence electrons. The van der Waals surface area contributed by atoms with E-state index >= 15 is 0 Å².